The second-order valence-electron chi connectivity index (χ2n) is 2.59. The molecule has 1 N–H and O–H groups in total. The lowest BCUT2D eigenvalue weighted by Gasteiger charge is -2.12. The van der Waals surface area contributed by atoms with Crippen molar-refractivity contribution in [2.45, 2.75) is 6.36 Å². The van der Waals surface area contributed by atoms with Crippen LogP contribution in [-0.2, 0) is 0 Å². The summed E-state index contributed by atoms with van der Waals surface area (Å²) in [6, 6.07) is 1.78. The molecule has 0 aliphatic rings. The van der Waals surface area contributed by atoms with Gasteiger partial charge in [0.2, 0.25) is 0 Å². The number of benzene rings is 1. The maximum absolute atomic E-state index is 13.3. The minimum absolute atomic E-state index is 0.327. The fraction of sp³-hybridized carbons (Fsp3) is 0.125. The minimum Gasteiger partial charge on any atom is -0.478 e. The first-order valence-corrected chi connectivity index (χ1v) is 4.48. The molecule has 88 valence electrons. The average Bonchev–Trinajstić information content (AvgIpc) is 2.10. The van der Waals surface area contributed by atoms with E-state index in [-0.39, 0.29) is 4.47 Å². The summed E-state index contributed by atoms with van der Waals surface area (Å²) in [5, 5.41) is 8.49. The quantitative estimate of drug-likeness (QED) is 0.854. The van der Waals surface area contributed by atoms with Crippen molar-refractivity contribution in [2.24, 2.45) is 0 Å². The van der Waals surface area contributed by atoms with Gasteiger partial charge in [-0.1, -0.05) is 0 Å². The summed E-state index contributed by atoms with van der Waals surface area (Å²) in [6.07, 6.45) is -5.10. The minimum atomic E-state index is -5.10. The Kier molecular flexibility index (Phi) is 3.41. The number of halogens is 5. The normalized spacial score (nSPS) is 11.3. The van der Waals surface area contributed by atoms with E-state index in [4.69, 9.17) is 5.11 Å². The van der Waals surface area contributed by atoms with Crippen LogP contribution in [0.25, 0.3) is 0 Å². The van der Waals surface area contributed by atoms with Gasteiger partial charge in [-0.05, 0) is 28.1 Å². The Morgan fingerprint density at radius 1 is 1.38 bits per heavy atom. The van der Waals surface area contributed by atoms with Crippen LogP contribution >= 0.6 is 15.9 Å². The molecule has 0 aliphatic heterocycles. The number of hydrogen-bond acceptors (Lipinski definition) is 2. The van der Waals surface area contributed by atoms with Crippen molar-refractivity contribution in [3.63, 3.8) is 0 Å². The van der Waals surface area contributed by atoms with Crippen LogP contribution in [0.15, 0.2) is 16.6 Å². The van der Waals surface area contributed by atoms with Gasteiger partial charge in [-0.2, -0.15) is 0 Å². The molecule has 0 saturated carbocycles. The van der Waals surface area contributed by atoms with Gasteiger partial charge in [-0.3, -0.25) is 0 Å². The predicted molar refractivity (Wildman–Crippen MR) is 47.7 cm³/mol. The van der Waals surface area contributed by atoms with Gasteiger partial charge in [-0.25, -0.2) is 9.18 Å². The van der Waals surface area contributed by atoms with Crippen LogP contribution in [0.5, 0.6) is 5.75 Å². The second kappa shape index (κ2) is 4.28. The standard InChI is InChI=1S/C8H3BrF4O3/c9-4-2-1-3(7(14)15)5(10)6(4)16-8(11,12)13/h1-2H,(H,14,15). The van der Waals surface area contributed by atoms with Crippen molar-refractivity contribution in [1.82, 2.24) is 0 Å². The Labute approximate surface area is 94.8 Å². The highest BCUT2D eigenvalue weighted by Gasteiger charge is 2.34. The van der Waals surface area contributed by atoms with Gasteiger partial charge in [0.15, 0.2) is 11.6 Å². The molecule has 0 radical (unpaired) electrons. The molecule has 8 heteroatoms. The average molecular weight is 303 g/mol. The molecule has 0 spiro atoms. The van der Waals surface area contributed by atoms with Crippen LogP contribution in [-0.4, -0.2) is 17.4 Å². The number of rotatable bonds is 2. The largest absolute Gasteiger partial charge is 0.573 e. The summed E-state index contributed by atoms with van der Waals surface area (Å²) in [5.41, 5.74) is -0.901. The summed E-state index contributed by atoms with van der Waals surface area (Å²) in [4.78, 5) is 10.5. The fourth-order valence-corrected chi connectivity index (χ4v) is 1.29. The highest BCUT2D eigenvalue weighted by Crippen LogP contribution is 2.34. The van der Waals surface area contributed by atoms with E-state index in [1.54, 1.807) is 0 Å². The van der Waals surface area contributed by atoms with E-state index in [1.165, 1.54) is 0 Å². The number of hydrogen-bond donors (Lipinski definition) is 1. The molecule has 0 aromatic heterocycles. The van der Waals surface area contributed by atoms with E-state index in [1.807, 2.05) is 0 Å². The van der Waals surface area contributed by atoms with Crippen molar-refractivity contribution in [3.05, 3.63) is 28.0 Å². The maximum Gasteiger partial charge on any atom is 0.573 e. The second-order valence-corrected chi connectivity index (χ2v) is 3.45. The number of aromatic carboxylic acids is 1. The smallest absolute Gasteiger partial charge is 0.478 e. The zero-order valence-corrected chi connectivity index (χ0v) is 8.89. The summed E-state index contributed by atoms with van der Waals surface area (Å²) < 4.78 is 52.0. The lowest BCUT2D eigenvalue weighted by Crippen LogP contribution is -2.19. The Bertz CT molecular complexity index is 430. The third-order valence-electron chi connectivity index (χ3n) is 1.50. The van der Waals surface area contributed by atoms with Crippen molar-refractivity contribution in [3.8, 4) is 5.75 Å². The molecule has 0 heterocycles. The van der Waals surface area contributed by atoms with E-state index in [0.717, 1.165) is 12.1 Å². The monoisotopic (exact) mass is 302 g/mol. The molecule has 0 fully saturated rings. The number of carboxylic acids is 1. The molecule has 0 aliphatic carbocycles. The molecular formula is C8H3BrF4O3. The lowest BCUT2D eigenvalue weighted by molar-refractivity contribution is -0.275. The Morgan fingerprint density at radius 3 is 2.38 bits per heavy atom. The third kappa shape index (κ3) is 2.84. The van der Waals surface area contributed by atoms with Gasteiger partial charge in [0.05, 0.1) is 10.0 Å². The molecule has 0 amide bonds. The molecule has 1 aromatic rings. The first-order valence-electron chi connectivity index (χ1n) is 3.69. The topological polar surface area (TPSA) is 46.5 Å². The molecule has 3 nitrogen and oxygen atoms in total. The summed E-state index contributed by atoms with van der Waals surface area (Å²) in [7, 11) is 0. The molecule has 0 bridgehead atoms. The fourth-order valence-electron chi connectivity index (χ4n) is 0.907. The number of carbonyl (C=O) groups is 1. The molecule has 16 heavy (non-hydrogen) atoms. The Hall–Kier alpha value is -1.31. The van der Waals surface area contributed by atoms with Crippen LogP contribution in [0.2, 0.25) is 0 Å². The van der Waals surface area contributed by atoms with Gasteiger partial charge in [-0.15, -0.1) is 13.2 Å². The highest BCUT2D eigenvalue weighted by molar-refractivity contribution is 9.10. The maximum atomic E-state index is 13.3. The van der Waals surface area contributed by atoms with Crippen LogP contribution < -0.4 is 4.74 Å². The molecule has 0 unspecified atom stereocenters. The van der Waals surface area contributed by atoms with Gasteiger partial charge in [0, 0.05) is 0 Å². The first-order chi connectivity index (χ1) is 7.22. The van der Waals surface area contributed by atoms with Gasteiger partial charge in [0.1, 0.15) is 0 Å². The van der Waals surface area contributed by atoms with Gasteiger partial charge in [0.25, 0.3) is 0 Å². The van der Waals surface area contributed by atoms with E-state index in [9.17, 15) is 22.4 Å². The molecule has 1 rings (SSSR count). The van der Waals surface area contributed by atoms with Crippen molar-refractivity contribution in [1.29, 1.82) is 0 Å². The third-order valence-corrected chi connectivity index (χ3v) is 2.12. The van der Waals surface area contributed by atoms with E-state index in [2.05, 4.69) is 20.7 Å². The van der Waals surface area contributed by atoms with Crippen molar-refractivity contribution in [2.75, 3.05) is 0 Å². The first kappa shape index (κ1) is 12.8. The van der Waals surface area contributed by atoms with E-state index >= 15 is 0 Å². The van der Waals surface area contributed by atoms with E-state index in [0.29, 0.717) is 0 Å². The summed E-state index contributed by atoms with van der Waals surface area (Å²) >= 11 is 2.63. The van der Waals surface area contributed by atoms with E-state index < -0.39 is 29.5 Å². The summed E-state index contributed by atoms with van der Waals surface area (Å²) in [6.45, 7) is 0. The lowest BCUT2D eigenvalue weighted by atomic mass is 10.2. The van der Waals surface area contributed by atoms with Gasteiger partial charge >= 0.3 is 12.3 Å². The Morgan fingerprint density at radius 2 is 1.94 bits per heavy atom. The molecule has 0 atom stereocenters. The SMILES string of the molecule is O=C(O)c1ccc(Br)c(OC(F)(F)F)c1F. The predicted octanol–water partition coefficient (Wildman–Crippen LogP) is 3.18. The van der Waals surface area contributed by atoms with Crippen LogP contribution in [0.4, 0.5) is 17.6 Å². The van der Waals surface area contributed by atoms with Crippen LogP contribution in [0.1, 0.15) is 10.4 Å². The molecular weight excluding hydrogens is 300 g/mol. The van der Waals surface area contributed by atoms with Gasteiger partial charge < -0.3 is 9.84 Å². The van der Waals surface area contributed by atoms with Crippen LogP contribution in [0, 0.1) is 5.82 Å². The summed E-state index contributed by atoms with van der Waals surface area (Å²) in [5.74, 6) is -4.47. The number of ether oxygens (including phenoxy) is 1. The van der Waals surface area contributed by atoms with Crippen LogP contribution in [0.3, 0.4) is 0 Å². The molecule has 1 aromatic carbocycles. The zero-order chi connectivity index (χ0) is 12.5. The van der Waals surface area contributed by atoms with Crippen molar-refractivity contribution >= 4 is 21.9 Å². The number of carboxylic acid groups (broad SMARTS) is 1. The zero-order valence-electron chi connectivity index (χ0n) is 7.31. The molecule has 0 saturated heterocycles. The number of alkyl halides is 3. The Balaban J connectivity index is 3.27. The van der Waals surface area contributed by atoms with Crippen molar-refractivity contribution < 1.29 is 32.2 Å². The highest BCUT2D eigenvalue weighted by atomic mass is 79.9.